The zero-order valence-corrected chi connectivity index (χ0v) is 9.74. The highest BCUT2D eigenvalue weighted by atomic mass is 16.6. The van der Waals surface area contributed by atoms with Crippen LogP contribution >= 0.6 is 0 Å². The maximum absolute atomic E-state index is 10.8. The Bertz CT molecular complexity index is 447. The Labute approximate surface area is 103 Å². The van der Waals surface area contributed by atoms with Crippen LogP contribution in [0.1, 0.15) is 12.5 Å². The highest BCUT2D eigenvalue weighted by Crippen LogP contribution is 2.13. The number of aliphatic carboxylic acids is 1. The van der Waals surface area contributed by atoms with Gasteiger partial charge in [0.1, 0.15) is 6.04 Å². The SMILES string of the molecule is CC(O)C(NCc1cccc([N+](=O)[O-])c1)C(=O)O. The quantitative estimate of drug-likeness (QED) is 0.504. The Morgan fingerprint density at radius 3 is 2.72 bits per heavy atom. The summed E-state index contributed by atoms with van der Waals surface area (Å²) in [5.41, 5.74) is 0.523. The van der Waals surface area contributed by atoms with Gasteiger partial charge in [-0.15, -0.1) is 0 Å². The molecule has 0 radical (unpaired) electrons. The van der Waals surface area contributed by atoms with Gasteiger partial charge in [-0.1, -0.05) is 12.1 Å². The number of rotatable bonds is 6. The van der Waals surface area contributed by atoms with Crippen molar-refractivity contribution >= 4 is 11.7 Å². The van der Waals surface area contributed by atoms with Gasteiger partial charge in [0.25, 0.3) is 5.69 Å². The summed E-state index contributed by atoms with van der Waals surface area (Å²) in [7, 11) is 0. The fourth-order valence-electron chi connectivity index (χ4n) is 1.47. The lowest BCUT2D eigenvalue weighted by Gasteiger charge is -2.16. The predicted molar refractivity (Wildman–Crippen MR) is 63.0 cm³/mol. The van der Waals surface area contributed by atoms with Gasteiger partial charge in [-0.2, -0.15) is 0 Å². The van der Waals surface area contributed by atoms with Crippen LogP contribution in [0.25, 0.3) is 0 Å². The molecule has 0 heterocycles. The molecule has 7 nitrogen and oxygen atoms in total. The number of hydrogen-bond acceptors (Lipinski definition) is 5. The summed E-state index contributed by atoms with van der Waals surface area (Å²) in [5.74, 6) is -1.17. The van der Waals surface area contributed by atoms with E-state index >= 15 is 0 Å². The van der Waals surface area contributed by atoms with E-state index in [0.29, 0.717) is 5.56 Å². The van der Waals surface area contributed by atoms with Crippen molar-refractivity contribution in [3.05, 3.63) is 39.9 Å². The Balaban J connectivity index is 2.70. The highest BCUT2D eigenvalue weighted by molar-refractivity contribution is 5.74. The topological polar surface area (TPSA) is 113 Å². The summed E-state index contributed by atoms with van der Waals surface area (Å²) in [4.78, 5) is 20.8. The molecule has 0 aliphatic carbocycles. The van der Waals surface area contributed by atoms with E-state index in [9.17, 15) is 20.0 Å². The number of hydrogen-bond donors (Lipinski definition) is 3. The summed E-state index contributed by atoms with van der Waals surface area (Å²) < 4.78 is 0. The maximum Gasteiger partial charge on any atom is 0.323 e. The highest BCUT2D eigenvalue weighted by Gasteiger charge is 2.22. The molecule has 0 amide bonds. The van der Waals surface area contributed by atoms with Gasteiger partial charge in [0.15, 0.2) is 0 Å². The molecule has 0 bridgehead atoms. The van der Waals surface area contributed by atoms with E-state index in [-0.39, 0.29) is 12.2 Å². The Hall–Kier alpha value is -1.99. The standard InChI is InChI=1S/C11H14N2O5/c1-7(14)10(11(15)16)12-6-8-3-2-4-9(5-8)13(17)18/h2-5,7,10,12,14H,6H2,1H3,(H,15,16). The van der Waals surface area contributed by atoms with Crippen molar-refractivity contribution in [1.82, 2.24) is 5.32 Å². The Morgan fingerprint density at radius 1 is 1.56 bits per heavy atom. The number of aliphatic hydroxyl groups excluding tert-OH is 1. The number of nitrogens with zero attached hydrogens (tertiary/aromatic N) is 1. The molecule has 0 aromatic heterocycles. The minimum atomic E-state index is -1.17. The molecule has 0 fully saturated rings. The molecular weight excluding hydrogens is 240 g/mol. The molecule has 3 N–H and O–H groups in total. The van der Waals surface area contributed by atoms with Crippen LogP contribution in [0.5, 0.6) is 0 Å². The van der Waals surface area contributed by atoms with E-state index in [1.807, 2.05) is 0 Å². The number of non-ortho nitro benzene ring substituents is 1. The van der Waals surface area contributed by atoms with E-state index in [1.54, 1.807) is 6.07 Å². The van der Waals surface area contributed by atoms with E-state index in [2.05, 4.69) is 5.32 Å². The molecule has 7 heteroatoms. The number of benzene rings is 1. The van der Waals surface area contributed by atoms with Crippen LogP contribution in [0.15, 0.2) is 24.3 Å². The zero-order chi connectivity index (χ0) is 13.7. The number of nitro benzene ring substituents is 1. The molecule has 0 saturated carbocycles. The van der Waals surface area contributed by atoms with Gasteiger partial charge in [0.2, 0.25) is 0 Å². The second-order valence-electron chi connectivity index (χ2n) is 3.86. The number of nitrogens with one attached hydrogen (secondary N) is 1. The van der Waals surface area contributed by atoms with Crippen LogP contribution in [-0.4, -0.2) is 33.3 Å². The summed E-state index contributed by atoms with van der Waals surface area (Å²) in [6.07, 6.45) is -1.05. The van der Waals surface area contributed by atoms with E-state index in [4.69, 9.17) is 5.11 Å². The molecule has 18 heavy (non-hydrogen) atoms. The largest absolute Gasteiger partial charge is 0.480 e. The first-order valence-electron chi connectivity index (χ1n) is 5.29. The first-order chi connectivity index (χ1) is 8.41. The van der Waals surface area contributed by atoms with E-state index in [0.717, 1.165) is 0 Å². The number of carboxylic acid groups (broad SMARTS) is 1. The molecule has 2 atom stereocenters. The van der Waals surface area contributed by atoms with Gasteiger partial charge in [-0.25, -0.2) is 0 Å². The first-order valence-corrected chi connectivity index (χ1v) is 5.29. The average Bonchev–Trinajstić information content (AvgIpc) is 2.28. The molecule has 0 spiro atoms. The Kier molecular flexibility index (Phi) is 4.75. The lowest BCUT2D eigenvalue weighted by molar-refractivity contribution is -0.384. The molecular formula is C11H14N2O5. The smallest absolute Gasteiger partial charge is 0.323 e. The molecule has 1 aromatic rings. The third-order valence-electron chi connectivity index (χ3n) is 2.40. The molecule has 0 aliphatic rings. The van der Waals surface area contributed by atoms with Crippen LogP contribution in [-0.2, 0) is 11.3 Å². The molecule has 1 rings (SSSR count). The summed E-state index contributed by atoms with van der Waals surface area (Å²) in [5, 5.41) is 31.3. The number of aliphatic hydroxyl groups is 1. The third kappa shape index (κ3) is 3.79. The van der Waals surface area contributed by atoms with Crippen molar-refractivity contribution in [2.24, 2.45) is 0 Å². The molecule has 2 unspecified atom stereocenters. The number of nitro groups is 1. The molecule has 98 valence electrons. The van der Waals surface area contributed by atoms with Crippen molar-refractivity contribution < 1.29 is 19.9 Å². The lowest BCUT2D eigenvalue weighted by atomic mass is 10.1. The predicted octanol–water partition coefficient (Wildman–Crippen LogP) is 0.518. The van der Waals surface area contributed by atoms with E-state index in [1.165, 1.54) is 25.1 Å². The Morgan fingerprint density at radius 2 is 2.22 bits per heavy atom. The fourth-order valence-corrected chi connectivity index (χ4v) is 1.47. The molecule has 0 aliphatic heterocycles. The number of carbonyl (C=O) groups is 1. The number of carboxylic acids is 1. The van der Waals surface area contributed by atoms with Gasteiger partial charge in [-0.05, 0) is 12.5 Å². The average molecular weight is 254 g/mol. The van der Waals surface area contributed by atoms with Gasteiger partial charge < -0.3 is 10.2 Å². The second kappa shape index (κ2) is 6.08. The van der Waals surface area contributed by atoms with Crippen molar-refractivity contribution in [1.29, 1.82) is 0 Å². The van der Waals surface area contributed by atoms with E-state index < -0.39 is 23.0 Å². The molecule has 1 aromatic carbocycles. The van der Waals surface area contributed by atoms with Crippen LogP contribution in [0, 0.1) is 10.1 Å². The molecule has 0 saturated heterocycles. The van der Waals surface area contributed by atoms with Crippen molar-refractivity contribution in [2.45, 2.75) is 25.6 Å². The minimum Gasteiger partial charge on any atom is -0.480 e. The van der Waals surface area contributed by atoms with Gasteiger partial charge >= 0.3 is 5.97 Å². The monoisotopic (exact) mass is 254 g/mol. The minimum absolute atomic E-state index is 0.0572. The van der Waals surface area contributed by atoms with Gasteiger partial charge in [0, 0.05) is 18.7 Å². The van der Waals surface area contributed by atoms with Gasteiger partial charge in [0.05, 0.1) is 11.0 Å². The third-order valence-corrected chi connectivity index (χ3v) is 2.40. The lowest BCUT2D eigenvalue weighted by Crippen LogP contribution is -2.44. The summed E-state index contributed by atoms with van der Waals surface area (Å²) >= 11 is 0. The van der Waals surface area contributed by atoms with Crippen molar-refractivity contribution in [3.8, 4) is 0 Å². The summed E-state index contributed by atoms with van der Waals surface area (Å²) in [6, 6.07) is 4.76. The van der Waals surface area contributed by atoms with Crippen molar-refractivity contribution in [2.75, 3.05) is 0 Å². The summed E-state index contributed by atoms with van der Waals surface area (Å²) in [6.45, 7) is 1.49. The zero-order valence-electron chi connectivity index (χ0n) is 9.74. The maximum atomic E-state index is 10.8. The van der Waals surface area contributed by atoms with Crippen LogP contribution in [0.2, 0.25) is 0 Å². The normalized spacial score (nSPS) is 13.9. The van der Waals surface area contributed by atoms with Crippen LogP contribution < -0.4 is 5.32 Å². The van der Waals surface area contributed by atoms with Crippen LogP contribution in [0.3, 0.4) is 0 Å². The van der Waals surface area contributed by atoms with Gasteiger partial charge in [-0.3, -0.25) is 20.2 Å². The van der Waals surface area contributed by atoms with Crippen molar-refractivity contribution in [3.63, 3.8) is 0 Å². The second-order valence-corrected chi connectivity index (χ2v) is 3.86. The van der Waals surface area contributed by atoms with Crippen LogP contribution in [0.4, 0.5) is 5.69 Å². The fraction of sp³-hybridized carbons (Fsp3) is 0.364. The first kappa shape index (κ1) is 14.1.